The van der Waals surface area contributed by atoms with E-state index >= 15 is 0 Å². The second-order valence-corrected chi connectivity index (χ2v) is 5.66. The number of nitro benzene ring substituents is 1. The molecule has 0 fully saturated rings. The third-order valence-corrected chi connectivity index (χ3v) is 3.99. The van der Waals surface area contributed by atoms with Crippen LogP contribution >= 0.6 is 0 Å². The summed E-state index contributed by atoms with van der Waals surface area (Å²) in [7, 11) is 2.91. The van der Waals surface area contributed by atoms with Gasteiger partial charge in [0.05, 0.1) is 19.1 Å². The van der Waals surface area contributed by atoms with Crippen LogP contribution < -0.4 is 9.47 Å². The summed E-state index contributed by atoms with van der Waals surface area (Å²) in [6.07, 6.45) is -0.913. The summed E-state index contributed by atoms with van der Waals surface area (Å²) < 4.78 is 16.0. The number of methoxy groups -OCH3 is 2. The summed E-state index contributed by atoms with van der Waals surface area (Å²) in [6, 6.07) is 11.3. The van der Waals surface area contributed by atoms with Crippen LogP contribution in [0.2, 0.25) is 0 Å². The molecule has 1 aliphatic heterocycles. The van der Waals surface area contributed by atoms with Crippen molar-refractivity contribution in [3.05, 3.63) is 63.7 Å². The molecular weight excluding hydrogens is 354 g/mol. The molecule has 1 atom stereocenters. The highest BCUT2D eigenvalue weighted by atomic mass is 16.6. The van der Waals surface area contributed by atoms with Gasteiger partial charge in [-0.2, -0.15) is 5.01 Å². The third kappa shape index (κ3) is 3.52. The lowest BCUT2D eigenvalue weighted by Gasteiger charge is -2.19. The summed E-state index contributed by atoms with van der Waals surface area (Å²) in [4.78, 5) is 22.7. The van der Waals surface area contributed by atoms with Crippen molar-refractivity contribution < 1.29 is 23.9 Å². The third-order valence-electron chi connectivity index (χ3n) is 3.99. The maximum absolute atomic E-state index is 12.0. The van der Waals surface area contributed by atoms with Crippen molar-refractivity contribution >= 4 is 17.5 Å². The number of nitro groups is 1. The number of hydrazone groups is 1. The smallest absolute Gasteiger partial charge is 0.311 e. The summed E-state index contributed by atoms with van der Waals surface area (Å²) in [6.45, 7) is 1.34. The molecule has 1 amide bonds. The number of carbonyl (C=O) groups excluding carboxylic acids is 1. The van der Waals surface area contributed by atoms with Gasteiger partial charge in [0.25, 0.3) is 0 Å². The normalized spacial score (nSPS) is 15.7. The van der Waals surface area contributed by atoms with Crippen LogP contribution in [0.1, 0.15) is 24.3 Å². The lowest BCUT2D eigenvalue weighted by atomic mass is 10.1. The van der Waals surface area contributed by atoms with Gasteiger partial charge < -0.3 is 14.2 Å². The van der Waals surface area contributed by atoms with Crippen LogP contribution in [0, 0.1) is 10.1 Å². The Kier molecular flexibility index (Phi) is 4.93. The molecule has 0 N–H and O–H groups in total. The zero-order valence-corrected chi connectivity index (χ0v) is 14.9. The van der Waals surface area contributed by atoms with Gasteiger partial charge in [-0.3, -0.25) is 14.9 Å². The summed E-state index contributed by atoms with van der Waals surface area (Å²) >= 11 is 0. The van der Waals surface area contributed by atoms with Gasteiger partial charge in [-0.25, -0.2) is 0 Å². The van der Waals surface area contributed by atoms with Gasteiger partial charge in [-0.05, 0) is 36.4 Å². The van der Waals surface area contributed by atoms with Crippen LogP contribution in [0.4, 0.5) is 5.69 Å². The minimum absolute atomic E-state index is 0.118. The van der Waals surface area contributed by atoms with Crippen LogP contribution in [0.15, 0.2) is 47.6 Å². The average molecular weight is 371 g/mol. The van der Waals surface area contributed by atoms with Gasteiger partial charge >= 0.3 is 5.69 Å². The first-order chi connectivity index (χ1) is 12.9. The van der Waals surface area contributed by atoms with Crippen LogP contribution in [-0.4, -0.2) is 36.0 Å². The minimum atomic E-state index is -0.913. The van der Waals surface area contributed by atoms with Gasteiger partial charge in [0.2, 0.25) is 18.0 Å². The number of amides is 1. The minimum Gasteiger partial charge on any atom is -0.497 e. The Morgan fingerprint density at radius 3 is 2.44 bits per heavy atom. The molecule has 0 saturated carbocycles. The molecule has 0 saturated heterocycles. The number of benzene rings is 2. The molecule has 2 aromatic carbocycles. The van der Waals surface area contributed by atoms with E-state index in [1.807, 2.05) is 0 Å². The zero-order valence-electron chi connectivity index (χ0n) is 14.9. The van der Waals surface area contributed by atoms with E-state index in [9.17, 15) is 14.9 Å². The lowest BCUT2D eigenvalue weighted by Crippen LogP contribution is -2.25. The summed E-state index contributed by atoms with van der Waals surface area (Å²) in [5.74, 6) is 0.661. The monoisotopic (exact) mass is 371 g/mol. The Labute approximate surface area is 154 Å². The maximum Gasteiger partial charge on any atom is 0.311 e. The van der Waals surface area contributed by atoms with E-state index in [0.717, 1.165) is 5.01 Å². The standard InChI is InChI=1S/C18H17N3O6/c1-11(22)20-18(13-6-9-16(26-3)15(10-13)21(23)24)27-17(19-20)12-4-7-14(25-2)8-5-12/h4-10,18H,1-3H3. The second kappa shape index (κ2) is 7.32. The van der Waals surface area contributed by atoms with Gasteiger partial charge in [0, 0.05) is 24.1 Å². The molecule has 3 rings (SSSR count). The predicted octanol–water partition coefficient (Wildman–Crippen LogP) is 2.85. The number of nitrogens with zero attached hydrogens (tertiary/aromatic N) is 3. The molecule has 0 bridgehead atoms. The van der Waals surface area contributed by atoms with Crippen molar-refractivity contribution in [3.63, 3.8) is 0 Å². The Balaban J connectivity index is 1.95. The van der Waals surface area contributed by atoms with E-state index < -0.39 is 11.2 Å². The van der Waals surface area contributed by atoms with Crippen molar-refractivity contribution in [1.82, 2.24) is 5.01 Å². The van der Waals surface area contributed by atoms with Gasteiger partial charge in [-0.15, -0.1) is 5.10 Å². The highest BCUT2D eigenvalue weighted by Crippen LogP contribution is 2.35. The average Bonchev–Trinajstić information content (AvgIpc) is 3.13. The molecule has 1 unspecified atom stereocenters. The molecule has 0 spiro atoms. The molecule has 1 aliphatic rings. The highest BCUT2D eigenvalue weighted by molar-refractivity contribution is 5.96. The topological polar surface area (TPSA) is 104 Å². The fraction of sp³-hybridized carbons (Fsp3) is 0.222. The van der Waals surface area contributed by atoms with Gasteiger partial charge in [0.1, 0.15) is 5.75 Å². The molecule has 0 aromatic heterocycles. The Bertz CT molecular complexity index is 910. The Hall–Kier alpha value is -3.62. The van der Waals surface area contributed by atoms with Crippen molar-refractivity contribution in [2.24, 2.45) is 5.10 Å². The van der Waals surface area contributed by atoms with E-state index in [-0.39, 0.29) is 23.2 Å². The molecule has 9 heteroatoms. The van der Waals surface area contributed by atoms with E-state index in [2.05, 4.69) is 5.10 Å². The van der Waals surface area contributed by atoms with Crippen molar-refractivity contribution in [3.8, 4) is 11.5 Å². The number of ether oxygens (including phenoxy) is 3. The highest BCUT2D eigenvalue weighted by Gasteiger charge is 2.34. The first-order valence-corrected chi connectivity index (χ1v) is 7.96. The van der Waals surface area contributed by atoms with Gasteiger partial charge in [0.15, 0.2) is 5.75 Å². The van der Waals surface area contributed by atoms with Crippen LogP contribution in [0.3, 0.4) is 0 Å². The van der Waals surface area contributed by atoms with Crippen molar-refractivity contribution in [1.29, 1.82) is 0 Å². The number of carbonyl (C=O) groups is 1. The number of hydrogen-bond acceptors (Lipinski definition) is 7. The van der Waals surface area contributed by atoms with Crippen LogP contribution in [0.5, 0.6) is 11.5 Å². The Morgan fingerprint density at radius 2 is 1.89 bits per heavy atom. The van der Waals surface area contributed by atoms with E-state index in [0.29, 0.717) is 16.9 Å². The fourth-order valence-electron chi connectivity index (χ4n) is 2.64. The largest absolute Gasteiger partial charge is 0.497 e. The quantitative estimate of drug-likeness (QED) is 0.591. The molecule has 140 valence electrons. The molecule has 27 heavy (non-hydrogen) atoms. The number of rotatable bonds is 5. The summed E-state index contributed by atoms with van der Waals surface area (Å²) in [5.41, 5.74) is 0.831. The van der Waals surface area contributed by atoms with Gasteiger partial charge in [-0.1, -0.05) is 0 Å². The van der Waals surface area contributed by atoms with E-state index in [1.54, 1.807) is 37.4 Å². The SMILES string of the molecule is COc1ccc(C2=NN(C(C)=O)C(c3ccc(OC)c([N+](=O)[O-])c3)O2)cc1. The first kappa shape index (κ1) is 18.2. The van der Waals surface area contributed by atoms with Crippen LogP contribution in [0.25, 0.3) is 0 Å². The van der Waals surface area contributed by atoms with Crippen LogP contribution in [-0.2, 0) is 9.53 Å². The number of hydrogen-bond donors (Lipinski definition) is 0. The molecule has 0 radical (unpaired) electrons. The zero-order chi connectivity index (χ0) is 19.6. The summed E-state index contributed by atoms with van der Waals surface area (Å²) in [5, 5.41) is 16.6. The fourth-order valence-corrected chi connectivity index (χ4v) is 2.64. The predicted molar refractivity (Wildman–Crippen MR) is 95.5 cm³/mol. The molecule has 1 heterocycles. The molecular formula is C18H17N3O6. The first-order valence-electron chi connectivity index (χ1n) is 7.96. The maximum atomic E-state index is 12.0. The molecule has 2 aromatic rings. The van der Waals surface area contributed by atoms with Crippen molar-refractivity contribution in [2.75, 3.05) is 14.2 Å². The Morgan fingerprint density at radius 1 is 1.19 bits per heavy atom. The van der Waals surface area contributed by atoms with E-state index in [1.165, 1.54) is 26.2 Å². The molecule has 9 nitrogen and oxygen atoms in total. The second-order valence-electron chi connectivity index (χ2n) is 5.66. The van der Waals surface area contributed by atoms with E-state index in [4.69, 9.17) is 14.2 Å². The lowest BCUT2D eigenvalue weighted by molar-refractivity contribution is -0.385. The molecule has 0 aliphatic carbocycles. The van der Waals surface area contributed by atoms with Crippen molar-refractivity contribution in [2.45, 2.75) is 13.2 Å².